The fourth-order valence-corrected chi connectivity index (χ4v) is 4.07. The molecule has 3 nitrogen and oxygen atoms in total. The Labute approximate surface area is 105 Å². The van der Waals surface area contributed by atoms with Crippen LogP contribution < -0.4 is 5.73 Å². The van der Waals surface area contributed by atoms with Gasteiger partial charge in [0.05, 0.1) is 6.10 Å². The average molecular weight is 238 g/mol. The van der Waals surface area contributed by atoms with Gasteiger partial charge in [-0.05, 0) is 25.8 Å². The Balaban J connectivity index is 1.75. The van der Waals surface area contributed by atoms with Crippen molar-refractivity contribution in [3.8, 4) is 0 Å². The minimum atomic E-state index is -0.0350. The second kappa shape index (κ2) is 3.69. The predicted octanol–water partition coefficient (Wildman–Crippen LogP) is 1.61. The molecule has 0 aromatic heterocycles. The molecular formula is C14H26N2O. The summed E-state index contributed by atoms with van der Waals surface area (Å²) in [4.78, 5) is 2.59. The molecule has 0 radical (unpaired) electrons. The highest BCUT2D eigenvalue weighted by atomic mass is 16.5. The van der Waals surface area contributed by atoms with Crippen LogP contribution in [0.2, 0.25) is 0 Å². The van der Waals surface area contributed by atoms with Gasteiger partial charge in [0, 0.05) is 36.1 Å². The number of rotatable bonds is 4. The van der Waals surface area contributed by atoms with Crippen molar-refractivity contribution in [2.45, 2.75) is 57.7 Å². The molecule has 3 heteroatoms. The highest BCUT2D eigenvalue weighted by Crippen LogP contribution is 2.58. The van der Waals surface area contributed by atoms with Gasteiger partial charge in [0.25, 0.3) is 0 Å². The van der Waals surface area contributed by atoms with Crippen LogP contribution in [0.1, 0.15) is 40.0 Å². The Bertz CT molecular complexity index is 313. The van der Waals surface area contributed by atoms with E-state index < -0.39 is 0 Å². The van der Waals surface area contributed by atoms with E-state index in [2.05, 4.69) is 25.7 Å². The Morgan fingerprint density at radius 1 is 1.29 bits per heavy atom. The molecule has 2 N–H and O–H groups in total. The van der Waals surface area contributed by atoms with Crippen molar-refractivity contribution in [2.75, 3.05) is 19.7 Å². The van der Waals surface area contributed by atoms with Crippen LogP contribution in [0.5, 0.6) is 0 Å². The fraction of sp³-hybridized carbons (Fsp3) is 1.00. The zero-order valence-electron chi connectivity index (χ0n) is 11.4. The molecule has 0 amide bonds. The topological polar surface area (TPSA) is 38.5 Å². The first-order chi connectivity index (χ1) is 8.00. The minimum Gasteiger partial charge on any atom is -0.377 e. The van der Waals surface area contributed by atoms with Crippen LogP contribution in [0, 0.1) is 11.3 Å². The smallest absolute Gasteiger partial charge is 0.0691 e. The quantitative estimate of drug-likeness (QED) is 0.809. The Morgan fingerprint density at radius 2 is 2.00 bits per heavy atom. The normalized spacial score (nSPS) is 43.6. The predicted molar refractivity (Wildman–Crippen MR) is 68.8 cm³/mol. The van der Waals surface area contributed by atoms with E-state index >= 15 is 0 Å². The summed E-state index contributed by atoms with van der Waals surface area (Å²) in [6.07, 6.45) is 4.31. The molecular weight excluding hydrogens is 212 g/mol. The molecule has 3 unspecified atom stereocenters. The lowest BCUT2D eigenvalue weighted by Gasteiger charge is -2.63. The summed E-state index contributed by atoms with van der Waals surface area (Å²) in [7, 11) is 0. The first kappa shape index (κ1) is 11.9. The number of fused-ring (bicyclic) bond motifs is 1. The van der Waals surface area contributed by atoms with Crippen molar-refractivity contribution >= 4 is 0 Å². The lowest BCUT2D eigenvalue weighted by atomic mass is 9.48. The van der Waals surface area contributed by atoms with Gasteiger partial charge in [0.2, 0.25) is 0 Å². The van der Waals surface area contributed by atoms with E-state index in [1.165, 1.54) is 12.8 Å². The molecule has 98 valence electrons. The maximum absolute atomic E-state index is 6.79. The molecule has 0 aromatic rings. The van der Waals surface area contributed by atoms with E-state index in [9.17, 15) is 0 Å². The second-order valence-electron chi connectivity index (χ2n) is 6.74. The van der Waals surface area contributed by atoms with Gasteiger partial charge < -0.3 is 10.5 Å². The van der Waals surface area contributed by atoms with Crippen molar-refractivity contribution in [1.82, 2.24) is 4.90 Å². The van der Waals surface area contributed by atoms with Crippen LogP contribution >= 0.6 is 0 Å². The van der Waals surface area contributed by atoms with Crippen molar-refractivity contribution in [2.24, 2.45) is 17.1 Å². The van der Waals surface area contributed by atoms with E-state index in [4.69, 9.17) is 10.5 Å². The van der Waals surface area contributed by atoms with Gasteiger partial charge in [0.15, 0.2) is 0 Å². The third-order valence-corrected chi connectivity index (χ3v) is 5.60. The maximum Gasteiger partial charge on any atom is 0.0691 e. The summed E-state index contributed by atoms with van der Waals surface area (Å²) in [6, 6.07) is 0.817. The van der Waals surface area contributed by atoms with Gasteiger partial charge in [-0.3, -0.25) is 4.90 Å². The van der Waals surface area contributed by atoms with Gasteiger partial charge in [-0.15, -0.1) is 0 Å². The lowest BCUT2D eigenvalue weighted by molar-refractivity contribution is -0.163. The summed E-state index contributed by atoms with van der Waals surface area (Å²) in [5, 5.41) is 0. The van der Waals surface area contributed by atoms with E-state index in [0.29, 0.717) is 12.0 Å². The first-order valence-electron chi connectivity index (χ1n) is 7.15. The Morgan fingerprint density at radius 3 is 2.59 bits per heavy atom. The average Bonchev–Trinajstić information content (AvgIpc) is 3.01. The Hall–Kier alpha value is -0.120. The van der Waals surface area contributed by atoms with Crippen molar-refractivity contribution in [1.29, 1.82) is 0 Å². The van der Waals surface area contributed by atoms with Crippen LogP contribution in [0.25, 0.3) is 0 Å². The van der Waals surface area contributed by atoms with E-state index in [1.807, 2.05) is 0 Å². The zero-order valence-corrected chi connectivity index (χ0v) is 11.4. The van der Waals surface area contributed by atoms with Crippen LogP contribution in [-0.2, 0) is 4.74 Å². The third kappa shape index (κ3) is 1.52. The second-order valence-corrected chi connectivity index (χ2v) is 6.74. The number of ether oxygens (including phenoxy) is 1. The van der Waals surface area contributed by atoms with Crippen LogP contribution in [0.15, 0.2) is 0 Å². The Kier molecular flexibility index (Phi) is 2.59. The molecule has 2 saturated carbocycles. The SMILES string of the molecule is CCN(CC1(N)C2CCOC2C1(C)C)C1CC1. The summed E-state index contributed by atoms with van der Waals surface area (Å²) in [5.41, 5.74) is 6.89. The number of likely N-dealkylation sites (N-methyl/N-ethyl adjacent to an activating group) is 1. The summed E-state index contributed by atoms with van der Waals surface area (Å²) < 4.78 is 5.86. The molecule has 1 heterocycles. The lowest BCUT2D eigenvalue weighted by Crippen LogP contribution is -2.78. The van der Waals surface area contributed by atoms with Crippen LogP contribution in [0.3, 0.4) is 0 Å². The molecule has 1 saturated heterocycles. The summed E-state index contributed by atoms with van der Waals surface area (Å²) in [5.74, 6) is 0.588. The highest BCUT2D eigenvalue weighted by Gasteiger charge is 2.67. The molecule has 3 fully saturated rings. The number of nitrogens with zero attached hydrogens (tertiary/aromatic N) is 1. The molecule has 1 aliphatic heterocycles. The number of nitrogens with two attached hydrogens (primary N) is 1. The van der Waals surface area contributed by atoms with Gasteiger partial charge in [-0.1, -0.05) is 20.8 Å². The standard InChI is InChI=1S/C14H26N2O/c1-4-16(10-5-6-10)9-14(15)11-7-8-17-12(11)13(14,2)3/h10-12H,4-9,15H2,1-3H3. The number of hydrogen-bond acceptors (Lipinski definition) is 3. The van der Waals surface area contributed by atoms with Crippen molar-refractivity contribution < 1.29 is 4.74 Å². The third-order valence-electron chi connectivity index (χ3n) is 5.60. The molecule has 0 aromatic carbocycles. The first-order valence-corrected chi connectivity index (χ1v) is 7.15. The highest BCUT2D eigenvalue weighted by molar-refractivity contribution is 5.22. The zero-order chi connectivity index (χ0) is 12.3. The molecule has 3 aliphatic rings. The van der Waals surface area contributed by atoms with Gasteiger partial charge >= 0.3 is 0 Å². The summed E-state index contributed by atoms with van der Waals surface area (Å²) >= 11 is 0. The fourth-order valence-electron chi connectivity index (χ4n) is 4.07. The monoisotopic (exact) mass is 238 g/mol. The van der Waals surface area contributed by atoms with E-state index in [0.717, 1.165) is 32.2 Å². The van der Waals surface area contributed by atoms with Crippen LogP contribution in [0.4, 0.5) is 0 Å². The van der Waals surface area contributed by atoms with Crippen molar-refractivity contribution in [3.05, 3.63) is 0 Å². The van der Waals surface area contributed by atoms with Gasteiger partial charge in [-0.2, -0.15) is 0 Å². The molecule has 3 atom stereocenters. The molecule has 2 aliphatic carbocycles. The minimum absolute atomic E-state index is 0.0350. The summed E-state index contributed by atoms with van der Waals surface area (Å²) in [6.45, 7) is 9.95. The number of hydrogen-bond donors (Lipinski definition) is 1. The van der Waals surface area contributed by atoms with Gasteiger partial charge in [0.1, 0.15) is 0 Å². The molecule has 17 heavy (non-hydrogen) atoms. The molecule has 0 bridgehead atoms. The van der Waals surface area contributed by atoms with Crippen LogP contribution in [-0.4, -0.2) is 42.3 Å². The van der Waals surface area contributed by atoms with E-state index in [1.54, 1.807) is 0 Å². The molecule has 0 spiro atoms. The van der Waals surface area contributed by atoms with Crippen molar-refractivity contribution in [3.63, 3.8) is 0 Å². The van der Waals surface area contributed by atoms with Gasteiger partial charge in [-0.25, -0.2) is 0 Å². The molecule has 3 rings (SSSR count). The maximum atomic E-state index is 6.79. The largest absolute Gasteiger partial charge is 0.377 e. The van der Waals surface area contributed by atoms with E-state index in [-0.39, 0.29) is 11.0 Å².